The highest BCUT2D eigenvalue weighted by Gasteiger charge is 2.63. The predicted octanol–water partition coefficient (Wildman–Crippen LogP) is 3.51. The van der Waals surface area contributed by atoms with E-state index in [1.807, 2.05) is 6.08 Å². The van der Waals surface area contributed by atoms with E-state index in [-0.39, 0.29) is 41.1 Å². The molecule has 1 heterocycles. The average molecular weight is 620 g/mol. The zero-order valence-electron chi connectivity index (χ0n) is 27.4. The molecule has 4 fully saturated rings. The van der Waals surface area contributed by atoms with Crippen molar-refractivity contribution in [1.82, 2.24) is 5.32 Å². The van der Waals surface area contributed by atoms with Crippen LogP contribution >= 0.6 is 0 Å². The van der Waals surface area contributed by atoms with E-state index in [9.17, 15) is 30.0 Å². The maximum Gasteiger partial charge on any atom is 0.217 e. The number of aliphatic hydroxyl groups is 4. The number of ketones is 1. The van der Waals surface area contributed by atoms with Crippen molar-refractivity contribution in [3.63, 3.8) is 0 Å². The SMILES string of the molecule is CC(=O)NC1C(OC2CC3=CC(=O)CCC3(C)C3CCC4(C)C(C(C)CCCC(C)CO)CCC4C23)OC(CO)C(O)C1O. The van der Waals surface area contributed by atoms with Crippen molar-refractivity contribution in [2.45, 2.75) is 136 Å². The third-order valence-corrected chi connectivity index (χ3v) is 12.9. The molecule has 5 aliphatic rings. The molecular formula is C35H57NO8. The molecule has 5 rings (SSSR count). The minimum absolute atomic E-state index is 0.0717. The van der Waals surface area contributed by atoms with Crippen molar-refractivity contribution >= 4 is 11.7 Å². The van der Waals surface area contributed by atoms with Gasteiger partial charge in [-0.05, 0) is 97.4 Å². The molecule has 250 valence electrons. The van der Waals surface area contributed by atoms with Crippen LogP contribution in [-0.4, -0.2) is 82.1 Å². The lowest BCUT2D eigenvalue weighted by Gasteiger charge is -2.61. The molecule has 5 N–H and O–H groups in total. The Morgan fingerprint density at radius 1 is 1.09 bits per heavy atom. The van der Waals surface area contributed by atoms with Gasteiger partial charge in [-0.25, -0.2) is 0 Å². The van der Waals surface area contributed by atoms with Crippen LogP contribution in [0.4, 0.5) is 0 Å². The lowest BCUT2D eigenvalue weighted by molar-refractivity contribution is -0.296. The number of fused-ring (bicyclic) bond motifs is 5. The number of nitrogens with one attached hydrogen (secondary N) is 1. The zero-order valence-corrected chi connectivity index (χ0v) is 27.4. The summed E-state index contributed by atoms with van der Waals surface area (Å²) in [5.41, 5.74) is 1.22. The molecule has 3 saturated carbocycles. The molecule has 1 amide bonds. The van der Waals surface area contributed by atoms with E-state index in [0.717, 1.165) is 50.5 Å². The highest BCUT2D eigenvalue weighted by Crippen LogP contribution is 2.68. The number of hydrogen-bond donors (Lipinski definition) is 5. The monoisotopic (exact) mass is 619 g/mol. The normalized spacial score (nSPS) is 45.0. The summed E-state index contributed by atoms with van der Waals surface area (Å²) < 4.78 is 12.9. The van der Waals surface area contributed by atoms with Crippen LogP contribution in [0, 0.1) is 46.3 Å². The fourth-order valence-electron chi connectivity index (χ4n) is 10.5. The number of carbonyl (C=O) groups excluding carboxylic acids is 2. The number of carbonyl (C=O) groups is 2. The molecule has 9 nitrogen and oxygen atoms in total. The number of ether oxygens (including phenoxy) is 2. The van der Waals surface area contributed by atoms with Gasteiger partial charge in [0.25, 0.3) is 0 Å². The van der Waals surface area contributed by atoms with Gasteiger partial charge >= 0.3 is 0 Å². The summed E-state index contributed by atoms with van der Waals surface area (Å²) in [6.07, 6.45) is 6.58. The molecule has 1 saturated heterocycles. The predicted molar refractivity (Wildman–Crippen MR) is 165 cm³/mol. The summed E-state index contributed by atoms with van der Waals surface area (Å²) in [4.78, 5) is 24.8. The van der Waals surface area contributed by atoms with Gasteiger partial charge in [0.15, 0.2) is 12.1 Å². The third-order valence-electron chi connectivity index (χ3n) is 12.9. The Kier molecular flexibility index (Phi) is 10.4. The maximum absolute atomic E-state index is 12.7. The topological polar surface area (TPSA) is 146 Å². The van der Waals surface area contributed by atoms with E-state index < -0.39 is 37.3 Å². The smallest absolute Gasteiger partial charge is 0.217 e. The Morgan fingerprint density at radius 2 is 1.84 bits per heavy atom. The van der Waals surface area contributed by atoms with Gasteiger partial charge < -0.3 is 35.2 Å². The summed E-state index contributed by atoms with van der Waals surface area (Å²) in [6, 6.07) is -0.994. The molecule has 0 spiro atoms. The molecule has 0 radical (unpaired) electrons. The van der Waals surface area contributed by atoms with Gasteiger partial charge in [-0.1, -0.05) is 46.1 Å². The van der Waals surface area contributed by atoms with E-state index in [1.165, 1.54) is 13.3 Å². The van der Waals surface area contributed by atoms with Gasteiger partial charge in [0.2, 0.25) is 5.91 Å². The lowest BCUT2D eigenvalue weighted by atomic mass is 9.45. The minimum atomic E-state index is -1.37. The van der Waals surface area contributed by atoms with Crippen LogP contribution in [-0.2, 0) is 19.1 Å². The summed E-state index contributed by atoms with van der Waals surface area (Å²) >= 11 is 0. The number of aliphatic hydroxyl groups excluding tert-OH is 4. The Balaban J connectivity index is 1.45. The number of rotatable bonds is 10. The molecule has 1 aliphatic heterocycles. The quantitative estimate of drug-likeness (QED) is 0.250. The van der Waals surface area contributed by atoms with Gasteiger partial charge in [-0.2, -0.15) is 0 Å². The summed E-state index contributed by atoms with van der Waals surface area (Å²) in [5.74, 6) is 2.29. The van der Waals surface area contributed by atoms with Crippen LogP contribution < -0.4 is 5.32 Å². The van der Waals surface area contributed by atoms with Crippen LogP contribution in [0.2, 0.25) is 0 Å². The van der Waals surface area contributed by atoms with Crippen molar-refractivity contribution in [3.05, 3.63) is 11.6 Å². The van der Waals surface area contributed by atoms with Gasteiger partial charge in [0.1, 0.15) is 24.4 Å². The Hall–Kier alpha value is -1.36. The third kappa shape index (κ3) is 6.18. The summed E-state index contributed by atoms with van der Waals surface area (Å²) in [5, 5.41) is 43.7. The molecule has 0 aromatic rings. The fraction of sp³-hybridized carbons (Fsp3) is 0.886. The number of amides is 1. The molecule has 44 heavy (non-hydrogen) atoms. The van der Waals surface area contributed by atoms with Gasteiger partial charge in [0, 0.05) is 20.0 Å². The van der Waals surface area contributed by atoms with Crippen molar-refractivity contribution < 1.29 is 39.5 Å². The van der Waals surface area contributed by atoms with Gasteiger partial charge in [0.05, 0.1) is 12.7 Å². The second kappa shape index (κ2) is 13.4. The van der Waals surface area contributed by atoms with Crippen LogP contribution in [0.25, 0.3) is 0 Å². The molecule has 0 aromatic heterocycles. The second-order valence-electron chi connectivity index (χ2n) is 15.6. The second-order valence-corrected chi connectivity index (χ2v) is 15.6. The van der Waals surface area contributed by atoms with Crippen LogP contribution in [0.15, 0.2) is 11.6 Å². The fourth-order valence-corrected chi connectivity index (χ4v) is 10.5. The van der Waals surface area contributed by atoms with Gasteiger partial charge in [-0.15, -0.1) is 0 Å². The highest BCUT2D eigenvalue weighted by atomic mass is 16.7. The first-order chi connectivity index (χ1) is 20.8. The average Bonchev–Trinajstić information content (AvgIpc) is 3.34. The van der Waals surface area contributed by atoms with E-state index in [2.05, 4.69) is 33.0 Å². The Labute approximate surface area is 263 Å². The van der Waals surface area contributed by atoms with Crippen molar-refractivity contribution in [1.29, 1.82) is 0 Å². The first kappa shape index (κ1) is 34.0. The maximum atomic E-state index is 12.7. The van der Waals surface area contributed by atoms with Crippen LogP contribution in [0.5, 0.6) is 0 Å². The molecule has 14 unspecified atom stereocenters. The van der Waals surface area contributed by atoms with E-state index >= 15 is 0 Å². The van der Waals surface area contributed by atoms with Crippen LogP contribution in [0.1, 0.15) is 98.8 Å². The summed E-state index contributed by atoms with van der Waals surface area (Å²) in [6.45, 7) is 10.5. The standard InChI is InChI=1S/C35H57NO8/c1-19(17-37)7-6-8-20(2)24-9-10-25-29-26(12-14-35(24,25)5)34(4)13-11-23(40)15-22(34)16-27(29)43-33-30(36-21(3)39)32(42)31(41)28(18-38)44-33/h15,19-20,24-33,37-38,41-42H,6-14,16-18H2,1-5H3,(H,36,39). The zero-order chi connectivity index (χ0) is 32.0. The first-order valence-corrected chi connectivity index (χ1v) is 17.2. The lowest BCUT2D eigenvalue weighted by Crippen LogP contribution is -2.66. The molecule has 0 bridgehead atoms. The highest BCUT2D eigenvalue weighted by molar-refractivity contribution is 5.91. The largest absolute Gasteiger partial charge is 0.396 e. The molecule has 0 aromatic carbocycles. The molecule has 14 atom stereocenters. The molecule has 4 aliphatic carbocycles. The first-order valence-electron chi connectivity index (χ1n) is 17.2. The van der Waals surface area contributed by atoms with Crippen molar-refractivity contribution in [3.8, 4) is 0 Å². The van der Waals surface area contributed by atoms with Gasteiger partial charge in [-0.3, -0.25) is 9.59 Å². The van der Waals surface area contributed by atoms with Crippen LogP contribution in [0.3, 0.4) is 0 Å². The molecule has 9 heteroatoms. The Morgan fingerprint density at radius 3 is 2.52 bits per heavy atom. The van der Waals surface area contributed by atoms with E-state index in [4.69, 9.17) is 9.47 Å². The summed E-state index contributed by atoms with van der Waals surface area (Å²) in [7, 11) is 0. The van der Waals surface area contributed by atoms with Crippen molar-refractivity contribution in [2.75, 3.05) is 13.2 Å². The van der Waals surface area contributed by atoms with Crippen molar-refractivity contribution in [2.24, 2.45) is 46.3 Å². The van der Waals surface area contributed by atoms with E-state index in [0.29, 0.717) is 42.4 Å². The molecular weight excluding hydrogens is 562 g/mol. The minimum Gasteiger partial charge on any atom is -0.396 e. The van der Waals surface area contributed by atoms with E-state index in [1.54, 1.807) is 0 Å². The Bertz CT molecular complexity index is 1080. The number of hydrogen-bond acceptors (Lipinski definition) is 8.